The van der Waals surface area contributed by atoms with Crippen molar-refractivity contribution in [3.05, 3.63) is 36.5 Å². The predicted octanol–water partition coefficient (Wildman–Crippen LogP) is 3.92. The van der Waals surface area contributed by atoms with Crippen LogP contribution >= 0.6 is 0 Å². The number of nitrogens with zero attached hydrogens (tertiary/aromatic N) is 3. The molecule has 0 atom stereocenters. The number of benzene rings is 1. The lowest BCUT2D eigenvalue weighted by molar-refractivity contribution is 0.521. The van der Waals surface area contributed by atoms with E-state index in [1.54, 1.807) is 0 Å². The predicted molar refractivity (Wildman–Crippen MR) is 74.2 cm³/mol. The number of rotatable bonds is 7. The first-order valence-corrected chi connectivity index (χ1v) is 6.85. The lowest BCUT2D eigenvalue weighted by Crippen LogP contribution is -1.98. The van der Waals surface area contributed by atoms with E-state index in [9.17, 15) is 0 Å². The van der Waals surface area contributed by atoms with Crippen molar-refractivity contribution in [3.8, 4) is 11.3 Å². The second-order valence-corrected chi connectivity index (χ2v) is 4.65. The fourth-order valence-electron chi connectivity index (χ4n) is 2.03. The lowest BCUT2D eigenvalue weighted by atomic mass is 10.1. The van der Waals surface area contributed by atoms with Gasteiger partial charge in [0, 0.05) is 12.1 Å². The highest BCUT2D eigenvalue weighted by atomic mass is 15.4. The summed E-state index contributed by atoms with van der Waals surface area (Å²) in [5.41, 5.74) is 2.10. The Hall–Kier alpha value is -1.64. The van der Waals surface area contributed by atoms with Gasteiger partial charge in [0.1, 0.15) is 5.69 Å². The van der Waals surface area contributed by atoms with Crippen molar-refractivity contribution in [3.63, 3.8) is 0 Å². The minimum absolute atomic E-state index is 0.962. The van der Waals surface area contributed by atoms with Gasteiger partial charge in [-0.1, -0.05) is 68.2 Å². The molecule has 0 fully saturated rings. The molecule has 18 heavy (non-hydrogen) atoms. The molecule has 3 nitrogen and oxygen atoms in total. The zero-order valence-corrected chi connectivity index (χ0v) is 11.0. The summed E-state index contributed by atoms with van der Waals surface area (Å²) >= 11 is 0. The molecule has 0 bridgehead atoms. The van der Waals surface area contributed by atoms with E-state index in [1.165, 1.54) is 32.1 Å². The molecule has 96 valence electrons. The quantitative estimate of drug-likeness (QED) is 0.690. The third-order valence-electron chi connectivity index (χ3n) is 3.10. The monoisotopic (exact) mass is 243 g/mol. The van der Waals surface area contributed by atoms with Gasteiger partial charge in [0.25, 0.3) is 0 Å². The highest BCUT2D eigenvalue weighted by Gasteiger charge is 2.02. The van der Waals surface area contributed by atoms with Gasteiger partial charge in [-0.3, -0.25) is 4.68 Å². The van der Waals surface area contributed by atoms with E-state index < -0.39 is 0 Å². The number of aromatic nitrogens is 3. The van der Waals surface area contributed by atoms with Crippen LogP contribution in [0.15, 0.2) is 36.5 Å². The Bertz CT molecular complexity index is 448. The van der Waals surface area contributed by atoms with Gasteiger partial charge < -0.3 is 0 Å². The molecule has 0 amide bonds. The first kappa shape index (κ1) is 12.8. The Labute approximate surface area is 109 Å². The van der Waals surface area contributed by atoms with Crippen molar-refractivity contribution in [2.75, 3.05) is 0 Å². The van der Waals surface area contributed by atoms with Gasteiger partial charge in [0.15, 0.2) is 0 Å². The summed E-state index contributed by atoms with van der Waals surface area (Å²) in [6.07, 6.45) is 8.48. The minimum Gasteiger partial charge on any atom is -0.252 e. The Morgan fingerprint density at radius 3 is 2.56 bits per heavy atom. The van der Waals surface area contributed by atoms with Crippen molar-refractivity contribution < 1.29 is 0 Å². The normalized spacial score (nSPS) is 10.7. The summed E-state index contributed by atoms with van der Waals surface area (Å²) in [6, 6.07) is 10.2. The molecular weight excluding hydrogens is 222 g/mol. The zero-order chi connectivity index (χ0) is 12.6. The van der Waals surface area contributed by atoms with Crippen molar-refractivity contribution in [2.24, 2.45) is 0 Å². The first-order chi connectivity index (χ1) is 8.90. The molecule has 1 aromatic heterocycles. The maximum absolute atomic E-state index is 4.21. The lowest BCUT2D eigenvalue weighted by Gasteiger charge is -1.99. The molecule has 0 unspecified atom stereocenters. The molecule has 1 heterocycles. The SMILES string of the molecule is CCCCCCCn1cc(-c2ccccc2)nn1. The van der Waals surface area contributed by atoms with Crippen LogP contribution in [0, 0.1) is 0 Å². The largest absolute Gasteiger partial charge is 0.252 e. The Morgan fingerprint density at radius 1 is 1.00 bits per heavy atom. The molecule has 0 spiro atoms. The van der Waals surface area contributed by atoms with Crippen molar-refractivity contribution in [2.45, 2.75) is 45.6 Å². The molecule has 0 N–H and O–H groups in total. The number of hydrogen-bond acceptors (Lipinski definition) is 2. The minimum atomic E-state index is 0.962. The molecule has 0 saturated carbocycles. The molecule has 2 rings (SSSR count). The average Bonchev–Trinajstić information content (AvgIpc) is 2.88. The molecule has 0 radical (unpaired) electrons. The summed E-state index contributed by atoms with van der Waals surface area (Å²) in [5.74, 6) is 0. The van der Waals surface area contributed by atoms with Gasteiger partial charge in [-0.25, -0.2) is 0 Å². The van der Waals surface area contributed by atoms with Crippen LogP contribution < -0.4 is 0 Å². The van der Waals surface area contributed by atoms with Crippen molar-refractivity contribution >= 4 is 0 Å². The van der Waals surface area contributed by atoms with Crippen LogP contribution in [0.5, 0.6) is 0 Å². The van der Waals surface area contributed by atoms with E-state index in [1.807, 2.05) is 29.1 Å². The van der Waals surface area contributed by atoms with Gasteiger partial charge in [-0.05, 0) is 6.42 Å². The molecular formula is C15H21N3. The van der Waals surface area contributed by atoms with Crippen molar-refractivity contribution in [1.29, 1.82) is 0 Å². The van der Waals surface area contributed by atoms with Crippen LogP contribution in [-0.2, 0) is 6.54 Å². The standard InChI is InChI=1S/C15H21N3/c1-2-3-4-5-9-12-18-13-15(16-17-18)14-10-7-6-8-11-14/h6-8,10-11,13H,2-5,9,12H2,1H3. The van der Waals surface area contributed by atoms with Crippen LogP contribution in [0.4, 0.5) is 0 Å². The third-order valence-corrected chi connectivity index (χ3v) is 3.10. The first-order valence-electron chi connectivity index (χ1n) is 6.85. The molecule has 0 saturated heterocycles. The van der Waals surface area contributed by atoms with E-state index in [0.717, 1.165) is 17.8 Å². The van der Waals surface area contributed by atoms with Gasteiger partial charge in [-0.15, -0.1) is 5.10 Å². The summed E-state index contributed by atoms with van der Waals surface area (Å²) < 4.78 is 1.95. The molecule has 0 aliphatic rings. The second kappa shape index (κ2) is 6.94. The fourth-order valence-corrected chi connectivity index (χ4v) is 2.03. The van der Waals surface area contributed by atoms with Crippen LogP contribution in [-0.4, -0.2) is 15.0 Å². The zero-order valence-electron chi connectivity index (χ0n) is 11.0. The van der Waals surface area contributed by atoms with Gasteiger partial charge >= 0.3 is 0 Å². The molecule has 1 aromatic carbocycles. The van der Waals surface area contributed by atoms with E-state index in [0.29, 0.717) is 0 Å². The van der Waals surface area contributed by atoms with E-state index in [-0.39, 0.29) is 0 Å². The van der Waals surface area contributed by atoms with Crippen LogP contribution in [0.2, 0.25) is 0 Å². The maximum Gasteiger partial charge on any atom is 0.113 e. The fraction of sp³-hybridized carbons (Fsp3) is 0.467. The highest BCUT2D eigenvalue weighted by Crippen LogP contribution is 2.15. The second-order valence-electron chi connectivity index (χ2n) is 4.65. The Kier molecular flexibility index (Phi) is 4.94. The van der Waals surface area contributed by atoms with Gasteiger partial charge in [0.05, 0.1) is 6.20 Å². The summed E-state index contributed by atoms with van der Waals surface area (Å²) in [5, 5.41) is 8.39. The summed E-state index contributed by atoms with van der Waals surface area (Å²) in [6.45, 7) is 3.22. The van der Waals surface area contributed by atoms with Gasteiger partial charge in [0.2, 0.25) is 0 Å². The Morgan fingerprint density at radius 2 is 1.78 bits per heavy atom. The number of unbranched alkanes of at least 4 members (excludes halogenated alkanes) is 4. The number of aryl methyl sites for hydroxylation is 1. The van der Waals surface area contributed by atoms with E-state index in [2.05, 4.69) is 29.4 Å². The topological polar surface area (TPSA) is 30.7 Å². The highest BCUT2D eigenvalue weighted by molar-refractivity contribution is 5.56. The molecule has 0 aliphatic heterocycles. The van der Waals surface area contributed by atoms with Gasteiger partial charge in [-0.2, -0.15) is 0 Å². The average molecular weight is 243 g/mol. The summed E-state index contributed by atoms with van der Waals surface area (Å²) in [7, 11) is 0. The number of hydrogen-bond donors (Lipinski definition) is 0. The van der Waals surface area contributed by atoms with E-state index in [4.69, 9.17) is 0 Å². The van der Waals surface area contributed by atoms with Crippen LogP contribution in [0.1, 0.15) is 39.0 Å². The van der Waals surface area contributed by atoms with Crippen LogP contribution in [0.25, 0.3) is 11.3 Å². The molecule has 2 aromatic rings. The van der Waals surface area contributed by atoms with Crippen LogP contribution in [0.3, 0.4) is 0 Å². The summed E-state index contributed by atoms with van der Waals surface area (Å²) in [4.78, 5) is 0. The van der Waals surface area contributed by atoms with Crippen molar-refractivity contribution in [1.82, 2.24) is 15.0 Å². The molecule has 0 aliphatic carbocycles. The molecule has 3 heteroatoms. The Balaban J connectivity index is 1.83. The maximum atomic E-state index is 4.21. The third kappa shape index (κ3) is 3.69. The van der Waals surface area contributed by atoms with E-state index >= 15 is 0 Å². The smallest absolute Gasteiger partial charge is 0.113 e.